The Balaban J connectivity index is 2.29. The lowest BCUT2D eigenvalue weighted by molar-refractivity contribution is 0.0600. The van der Waals surface area contributed by atoms with Gasteiger partial charge in [0.1, 0.15) is 0 Å². The van der Waals surface area contributed by atoms with Crippen molar-refractivity contribution in [2.75, 3.05) is 7.11 Å². The molecule has 4 nitrogen and oxygen atoms in total. The predicted octanol–water partition coefficient (Wildman–Crippen LogP) is 1.99. The molecule has 2 heterocycles. The van der Waals surface area contributed by atoms with Crippen LogP contribution >= 0.6 is 11.3 Å². The van der Waals surface area contributed by atoms with E-state index in [4.69, 9.17) is 0 Å². The predicted molar refractivity (Wildman–Crippen MR) is 56.7 cm³/mol. The van der Waals surface area contributed by atoms with Gasteiger partial charge in [0.15, 0.2) is 5.82 Å². The molecule has 0 saturated carbocycles. The van der Waals surface area contributed by atoms with Crippen LogP contribution in [0.5, 0.6) is 0 Å². The van der Waals surface area contributed by atoms with Crippen LogP contribution in [0.3, 0.4) is 0 Å². The highest BCUT2D eigenvalue weighted by Gasteiger charge is 2.07. The van der Waals surface area contributed by atoms with E-state index >= 15 is 0 Å². The molecule has 15 heavy (non-hydrogen) atoms. The van der Waals surface area contributed by atoms with Gasteiger partial charge in [-0.25, -0.2) is 14.8 Å². The Bertz CT molecular complexity index is 451. The fraction of sp³-hybridized carbons (Fsp3) is 0.100. The minimum Gasteiger partial charge on any atom is -0.465 e. The van der Waals surface area contributed by atoms with Gasteiger partial charge in [-0.1, -0.05) is 6.07 Å². The number of rotatable bonds is 2. The van der Waals surface area contributed by atoms with Crippen LogP contribution in [-0.2, 0) is 4.74 Å². The highest BCUT2D eigenvalue weighted by molar-refractivity contribution is 7.13. The zero-order valence-corrected chi connectivity index (χ0v) is 8.82. The third-order valence-electron chi connectivity index (χ3n) is 1.81. The molecule has 0 fully saturated rings. The van der Waals surface area contributed by atoms with E-state index in [1.165, 1.54) is 19.5 Å². The van der Waals surface area contributed by atoms with Crippen molar-refractivity contribution in [3.05, 3.63) is 35.5 Å². The molecule has 0 amide bonds. The van der Waals surface area contributed by atoms with Crippen LogP contribution in [0.1, 0.15) is 10.4 Å². The van der Waals surface area contributed by atoms with Gasteiger partial charge in [-0.2, -0.15) is 0 Å². The smallest absolute Gasteiger partial charge is 0.341 e. The average Bonchev–Trinajstić information content (AvgIpc) is 2.82. The molecule has 0 aliphatic rings. The van der Waals surface area contributed by atoms with E-state index in [1.54, 1.807) is 11.3 Å². The highest BCUT2D eigenvalue weighted by Crippen LogP contribution is 2.20. The van der Waals surface area contributed by atoms with Crippen molar-refractivity contribution >= 4 is 17.3 Å². The van der Waals surface area contributed by atoms with E-state index in [9.17, 15) is 4.79 Å². The van der Waals surface area contributed by atoms with E-state index < -0.39 is 5.97 Å². The van der Waals surface area contributed by atoms with Crippen LogP contribution in [-0.4, -0.2) is 23.0 Å². The van der Waals surface area contributed by atoms with Crippen LogP contribution in [0.4, 0.5) is 0 Å². The summed E-state index contributed by atoms with van der Waals surface area (Å²) in [6.07, 6.45) is 2.93. The molecule has 2 aromatic heterocycles. The van der Waals surface area contributed by atoms with Crippen molar-refractivity contribution in [1.82, 2.24) is 9.97 Å². The zero-order chi connectivity index (χ0) is 10.7. The molecule has 0 saturated heterocycles. The minimum absolute atomic E-state index is 0.359. The summed E-state index contributed by atoms with van der Waals surface area (Å²) in [5, 5.41) is 1.95. The maximum Gasteiger partial charge on any atom is 0.341 e. The molecule has 0 aromatic carbocycles. The van der Waals surface area contributed by atoms with Crippen LogP contribution in [0.15, 0.2) is 29.9 Å². The van der Waals surface area contributed by atoms with Gasteiger partial charge in [-0.3, -0.25) is 0 Å². The van der Waals surface area contributed by atoms with Gasteiger partial charge < -0.3 is 4.74 Å². The third kappa shape index (κ3) is 2.02. The molecular weight excluding hydrogens is 212 g/mol. The Morgan fingerprint density at radius 1 is 1.40 bits per heavy atom. The fourth-order valence-electron chi connectivity index (χ4n) is 1.08. The van der Waals surface area contributed by atoms with Gasteiger partial charge in [0.25, 0.3) is 0 Å². The van der Waals surface area contributed by atoms with Crippen molar-refractivity contribution in [2.24, 2.45) is 0 Å². The van der Waals surface area contributed by atoms with E-state index in [2.05, 4.69) is 14.7 Å². The second-order valence-corrected chi connectivity index (χ2v) is 3.71. The number of carbonyl (C=O) groups excluding carboxylic acids is 1. The molecule has 0 N–H and O–H groups in total. The van der Waals surface area contributed by atoms with E-state index in [1.807, 2.05) is 17.5 Å². The van der Waals surface area contributed by atoms with Crippen LogP contribution < -0.4 is 0 Å². The Morgan fingerprint density at radius 3 is 2.67 bits per heavy atom. The summed E-state index contributed by atoms with van der Waals surface area (Å²) < 4.78 is 4.55. The lowest BCUT2D eigenvalue weighted by Crippen LogP contribution is -2.02. The number of thiophene rings is 1. The van der Waals surface area contributed by atoms with Crippen molar-refractivity contribution in [3.8, 4) is 10.7 Å². The molecular formula is C10H8N2O2S. The van der Waals surface area contributed by atoms with E-state index in [0.717, 1.165) is 4.88 Å². The maximum absolute atomic E-state index is 11.1. The molecule has 5 heteroatoms. The normalized spacial score (nSPS) is 9.93. The Kier molecular flexibility index (Phi) is 2.73. The van der Waals surface area contributed by atoms with Crippen molar-refractivity contribution in [1.29, 1.82) is 0 Å². The van der Waals surface area contributed by atoms with Gasteiger partial charge in [-0.05, 0) is 11.4 Å². The van der Waals surface area contributed by atoms with Crippen LogP contribution in [0.25, 0.3) is 10.7 Å². The minimum atomic E-state index is -0.423. The third-order valence-corrected chi connectivity index (χ3v) is 2.68. The fourth-order valence-corrected chi connectivity index (χ4v) is 1.76. The summed E-state index contributed by atoms with van der Waals surface area (Å²) in [5.74, 6) is 0.199. The molecule has 0 aliphatic heterocycles. The second-order valence-electron chi connectivity index (χ2n) is 2.76. The number of hydrogen-bond acceptors (Lipinski definition) is 5. The number of hydrogen-bond donors (Lipinski definition) is 0. The zero-order valence-electron chi connectivity index (χ0n) is 8.01. The van der Waals surface area contributed by atoms with E-state index in [0.29, 0.717) is 11.4 Å². The van der Waals surface area contributed by atoms with Crippen LogP contribution in [0, 0.1) is 0 Å². The van der Waals surface area contributed by atoms with Gasteiger partial charge in [0, 0.05) is 12.4 Å². The summed E-state index contributed by atoms with van der Waals surface area (Å²) in [5.41, 5.74) is 0.359. The summed E-state index contributed by atoms with van der Waals surface area (Å²) in [6, 6.07) is 3.86. The number of esters is 1. The lowest BCUT2D eigenvalue weighted by atomic mass is 10.3. The summed E-state index contributed by atoms with van der Waals surface area (Å²) >= 11 is 1.55. The number of carbonyl (C=O) groups is 1. The molecule has 0 aliphatic carbocycles. The molecule has 2 rings (SSSR count). The van der Waals surface area contributed by atoms with Gasteiger partial charge in [0.2, 0.25) is 0 Å². The second kappa shape index (κ2) is 4.18. The molecule has 2 aromatic rings. The largest absolute Gasteiger partial charge is 0.465 e. The first-order valence-corrected chi connectivity index (χ1v) is 5.13. The SMILES string of the molecule is COC(=O)c1cnc(-c2cccs2)nc1. The molecule has 76 valence electrons. The average molecular weight is 220 g/mol. The van der Waals surface area contributed by atoms with E-state index in [-0.39, 0.29) is 0 Å². The van der Waals surface area contributed by atoms with Crippen LogP contribution in [0.2, 0.25) is 0 Å². The summed E-state index contributed by atoms with van der Waals surface area (Å²) in [4.78, 5) is 20.3. The lowest BCUT2D eigenvalue weighted by Gasteiger charge is -1.98. The summed E-state index contributed by atoms with van der Waals surface area (Å²) in [7, 11) is 1.33. The molecule has 0 radical (unpaired) electrons. The van der Waals surface area contributed by atoms with Crippen molar-refractivity contribution in [3.63, 3.8) is 0 Å². The maximum atomic E-state index is 11.1. The number of methoxy groups -OCH3 is 1. The summed E-state index contributed by atoms with van der Waals surface area (Å²) in [6.45, 7) is 0. The molecule has 0 spiro atoms. The number of ether oxygens (including phenoxy) is 1. The monoisotopic (exact) mass is 220 g/mol. The Morgan fingerprint density at radius 2 is 2.13 bits per heavy atom. The first-order chi connectivity index (χ1) is 7.31. The standard InChI is InChI=1S/C10H8N2O2S/c1-14-10(13)7-5-11-9(12-6-7)8-3-2-4-15-8/h2-6H,1H3. The first kappa shape index (κ1) is 9.79. The molecule has 0 bridgehead atoms. The van der Waals surface area contributed by atoms with Gasteiger partial charge in [-0.15, -0.1) is 11.3 Å². The molecule has 0 unspecified atom stereocenters. The van der Waals surface area contributed by atoms with Crippen molar-refractivity contribution < 1.29 is 9.53 Å². The topological polar surface area (TPSA) is 52.1 Å². The highest BCUT2D eigenvalue weighted by atomic mass is 32.1. The Labute approximate surface area is 90.6 Å². The Hall–Kier alpha value is -1.75. The van der Waals surface area contributed by atoms with Gasteiger partial charge in [0.05, 0.1) is 17.6 Å². The quantitative estimate of drug-likeness (QED) is 0.726. The van der Waals surface area contributed by atoms with Gasteiger partial charge >= 0.3 is 5.97 Å². The first-order valence-electron chi connectivity index (χ1n) is 4.25. The number of nitrogens with zero attached hydrogens (tertiary/aromatic N) is 2. The molecule has 0 atom stereocenters. The van der Waals surface area contributed by atoms with Crippen molar-refractivity contribution in [2.45, 2.75) is 0 Å². The number of aromatic nitrogens is 2.